The Hall–Kier alpha value is -3.65. The van der Waals surface area contributed by atoms with Gasteiger partial charge in [0.1, 0.15) is 5.82 Å². The van der Waals surface area contributed by atoms with E-state index in [9.17, 15) is 18.8 Å². The molecule has 0 radical (unpaired) electrons. The van der Waals surface area contributed by atoms with E-state index in [2.05, 4.69) is 10.6 Å². The first kappa shape index (κ1) is 20.6. The number of thioether (sulfide) groups is 1. The minimum Gasteiger partial charge on any atom is -0.444 e. The van der Waals surface area contributed by atoms with Crippen molar-refractivity contribution < 1.29 is 23.5 Å². The Labute approximate surface area is 181 Å². The molecule has 0 aliphatic carbocycles. The fourth-order valence-corrected chi connectivity index (χ4v) is 3.82. The fourth-order valence-electron chi connectivity index (χ4n) is 3.03. The molecule has 1 atom stereocenters. The Morgan fingerprint density at radius 1 is 1.03 bits per heavy atom. The van der Waals surface area contributed by atoms with Crippen molar-refractivity contribution in [3.8, 4) is 0 Å². The topological polar surface area (TPSA) is 84.5 Å². The standard InChI is InChI=1S/C23H17FN2O4S/c24-16-7-9-17(10-8-16)25-22(28)21(14-4-2-1-3-5-14)30-23(29)15-6-11-19-18(12-15)26-20(27)13-31-19/h1-12,21H,13H2,(H,25,28)(H,26,27). The van der Waals surface area contributed by atoms with Crippen molar-refractivity contribution >= 4 is 40.9 Å². The maximum atomic E-state index is 13.1. The Morgan fingerprint density at radius 3 is 2.52 bits per heavy atom. The second-order valence-corrected chi connectivity index (χ2v) is 7.76. The summed E-state index contributed by atoms with van der Waals surface area (Å²) in [5.41, 5.74) is 1.59. The zero-order valence-electron chi connectivity index (χ0n) is 16.1. The Kier molecular flexibility index (Phi) is 5.99. The third-order valence-electron chi connectivity index (χ3n) is 4.53. The summed E-state index contributed by atoms with van der Waals surface area (Å²) in [6, 6.07) is 18.7. The van der Waals surface area contributed by atoms with E-state index in [0.717, 1.165) is 4.90 Å². The third-order valence-corrected chi connectivity index (χ3v) is 5.60. The number of benzene rings is 3. The average molecular weight is 436 g/mol. The van der Waals surface area contributed by atoms with Crippen LogP contribution in [0.4, 0.5) is 15.8 Å². The van der Waals surface area contributed by atoms with Crippen LogP contribution in [0.3, 0.4) is 0 Å². The van der Waals surface area contributed by atoms with Crippen molar-refractivity contribution in [2.75, 3.05) is 16.4 Å². The highest BCUT2D eigenvalue weighted by Crippen LogP contribution is 2.32. The van der Waals surface area contributed by atoms with Gasteiger partial charge in [0, 0.05) is 16.1 Å². The summed E-state index contributed by atoms with van der Waals surface area (Å²) in [4.78, 5) is 38.2. The number of fused-ring (bicyclic) bond motifs is 1. The van der Waals surface area contributed by atoms with Crippen molar-refractivity contribution in [3.05, 3.63) is 89.7 Å². The molecule has 3 aromatic rings. The van der Waals surface area contributed by atoms with Gasteiger partial charge in [-0.2, -0.15) is 0 Å². The first-order valence-corrected chi connectivity index (χ1v) is 10.4. The molecule has 4 rings (SSSR count). The smallest absolute Gasteiger partial charge is 0.339 e. The maximum Gasteiger partial charge on any atom is 0.339 e. The lowest BCUT2D eigenvalue weighted by Gasteiger charge is -2.20. The predicted molar refractivity (Wildman–Crippen MR) is 115 cm³/mol. The Balaban J connectivity index is 1.57. The van der Waals surface area contributed by atoms with Crippen LogP contribution in [-0.4, -0.2) is 23.5 Å². The van der Waals surface area contributed by atoms with Gasteiger partial charge in [-0.1, -0.05) is 30.3 Å². The van der Waals surface area contributed by atoms with Gasteiger partial charge in [0.05, 0.1) is 17.0 Å². The van der Waals surface area contributed by atoms with Gasteiger partial charge in [-0.3, -0.25) is 9.59 Å². The van der Waals surface area contributed by atoms with E-state index < -0.39 is 23.8 Å². The molecule has 8 heteroatoms. The minimum absolute atomic E-state index is 0.149. The van der Waals surface area contributed by atoms with Gasteiger partial charge in [0.2, 0.25) is 12.0 Å². The maximum absolute atomic E-state index is 13.1. The van der Waals surface area contributed by atoms with Gasteiger partial charge >= 0.3 is 5.97 Å². The van der Waals surface area contributed by atoms with E-state index in [0.29, 0.717) is 22.7 Å². The van der Waals surface area contributed by atoms with Crippen molar-refractivity contribution in [2.45, 2.75) is 11.0 Å². The van der Waals surface area contributed by atoms with Crippen LogP contribution >= 0.6 is 11.8 Å². The van der Waals surface area contributed by atoms with Crippen LogP contribution in [0.15, 0.2) is 77.7 Å². The van der Waals surface area contributed by atoms with Gasteiger partial charge < -0.3 is 15.4 Å². The van der Waals surface area contributed by atoms with Gasteiger partial charge in [0.25, 0.3) is 5.91 Å². The Morgan fingerprint density at radius 2 is 1.77 bits per heavy atom. The summed E-state index contributed by atoms with van der Waals surface area (Å²) in [7, 11) is 0. The first-order chi connectivity index (χ1) is 15.0. The molecule has 6 nitrogen and oxygen atoms in total. The third kappa shape index (κ3) is 4.92. The molecule has 0 aromatic heterocycles. The molecule has 2 amide bonds. The zero-order chi connectivity index (χ0) is 21.8. The highest BCUT2D eigenvalue weighted by Gasteiger charge is 2.27. The van der Waals surface area contributed by atoms with Crippen LogP contribution in [0.5, 0.6) is 0 Å². The summed E-state index contributed by atoms with van der Waals surface area (Å²) in [6.07, 6.45) is -1.22. The van der Waals surface area contributed by atoms with Gasteiger partial charge in [-0.15, -0.1) is 11.8 Å². The van der Waals surface area contributed by atoms with Crippen LogP contribution in [0, 0.1) is 5.82 Å². The molecule has 156 valence electrons. The first-order valence-electron chi connectivity index (χ1n) is 9.38. The number of hydrogen-bond donors (Lipinski definition) is 2. The Bertz CT molecular complexity index is 1140. The van der Waals surface area contributed by atoms with Crippen molar-refractivity contribution in [2.24, 2.45) is 0 Å². The lowest BCUT2D eigenvalue weighted by molar-refractivity contribution is -0.125. The quantitative estimate of drug-likeness (QED) is 0.579. The molecule has 1 unspecified atom stereocenters. The van der Waals surface area contributed by atoms with Crippen LogP contribution in [0.2, 0.25) is 0 Å². The normalized spacial score (nSPS) is 13.5. The monoisotopic (exact) mass is 436 g/mol. The van der Waals surface area contributed by atoms with Crippen LogP contribution < -0.4 is 10.6 Å². The number of amides is 2. The van der Waals surface area contributed by atoms with Crippen LogP contribution in [0.1, 0.15) is 22.0 Å². The molecule has 0 saturated carbocycles. The molecule has 0 spiro atoms. The summed E-state index contributed by atoms with van der Waals surface area (Å²) in [5, 5.41) is 5.36. The SMILES string of the molecule is O=C1CSc2ccc(C(=O)OC(C(=O)Nc3ccc(F)cc3)c3ccccc3)cc2N1. The number of anilines is 2. The lowest BCUT2D eigenvalue weighted by Crippen LogP contribution is -2.26. The van der Waals surface area contributed by atoms with E-state index in [-0.39, 0.29) is 11.5 Å². The predicted octanol–water partition coefficient (Wildman–Crippen LogP) is 4.41. The molecule has 0 fully saturated rings. The second kappa shape index (κ2) is 9.01. The van der Waals surface area contributed by atoms with Crippen molar-refractivity contribution in [1.29, 1.82) is 0 Å². The number of rotatable bonds is 5. The molecule has 31 heavy (non-hydrogen) atoms. The summed E-state index contributed by atoms with van der Waals surface area (Å²) < 4.78 is 18.7. The molecular formula is C23H17FN2O4S. The summed E-state index contributed by atoms with van der Waals surface area (Å²) >= 11 is 1.38. The molecule has 3 aromatic carbocycles. The highest BCUT2D eigenvalue weighted by atomic mass is 32.2. The molecule has 2 N–H and O–H groups in total. The average Bonchev–Trinajstić information content (AvgIpc) is 2.78. The van der Waals surface area contributed by atoms with Crippen LogP contribution in [-0.2, 0) is 14.3 Å². The molecule has 1 aliphatic heterocycles. The van der Waals surface area contributed by atoms with E-state index in [1.807, 2.05) is 0 Å². The largest absolute Gasteiger partial charge is 0.444 e. The summed E-state index contributed by atoms with van der Waals surface area (Å²) in [6.45, 7) is 0. The van der Waals surface area contributed by atoms with E-state index >= 15 is 0 Å². The number of carbonyl (C=O) groups is 3. The van der Waals surface area contributed by atoms with Gasteiger partial charge in [-0.05, 0) is 42.5 Å². The summed E-state index contributed by atoms with van der Waals surface area (Å²) in [5.74, 6) is -1.55. The number of ether oxygens (including phenoxy) is 1. The number of carbonyl (C=O) groups excluding carboxylic acids is 3. The highest BCUT2D eigenvalue weighted by molar-refractivity contribution is 8.00. The lowest BCUT2D eigenvalue weighted by atomic mass is 10.1. The molecular weight excluding hydrogens is 419 g/mol. The van der Waals surface area contributed by atoms with Gasteiger partial charge in [-0.25, -0.2) is 9.18 Å². The van der Waals surface area contributed by atoms with Crippen molar-refractivity contribution in [3.63, 3.8) is 0 Å². The second-order valence-electron chi connectivity index (χ2n) is 6.74. The van der Waals surface area contributed by atoms with E-state index in [1.165, 1.54) is 42.1 Å². The molecule has 1 heterocycles. The molecule has 0 bridgehead atoms. The van der Waals surface area contributed by atoms with Crippen molar-refractivity contribution in [1.82, 2.24) is 0 Å². The molecule has 0 saturated heterocycles. The van der Waals surface area contributed by atoms with Gasteiger partial charge in [0.15, 0.2) is 0 Å². The number of esters is 1. The number of nitrogens with one attached hydrogen (secondary N) is 2. The number of hydrogen-bond acceptors (Lipinski definition) is 5. The fraction of sp³-hybridized carbons (Fsp3) is 0.0870. The van der Waals surface area contributed by atoms with Crippen LogP contribution in [0.25, 0.3) is 0 Å². The molecule has 1 aliphatic rings. The zero-order valence-corrected chi connectivity index (χ0v) is 16.9. The van der Waals surface area contributed by atoms with E-state index in [1.54, 1.807) is 42.5 Å². The number of halogens is 1. The van der Waals surface area contributed by atoms with E-state index in [4.69, 9.17) is 4.74 Å². The minimum atomic E-state index is -1.22.